The van der Waals surface area contributed by atoms with E-state index >= 15 is 0 Å². The Balaban J connectivity index is 1.52. The van der Waals surface area contributed by atoms with Crippen molar-refractivity contribution in [1.29, 1.82) is 0 Å². The number of hydrogen-bond acceptors (Lipinski definition) is 3. The number of piperidine rings is 1. The second-order valence-electron chi connectivity index (χ2n) is 7.28. The van der Waals surface area contributed by atoms with Crippen LogP contribution in [0.15, 0.2) is 41.0 Å². The molecule has 1 aromatic carbocycles. The van der Waals surface area contributed by atoms with E-state index in [1.54, 1.807) is 23.1 Å². The van der Waals surface area contributed by atoms with Gasteiger partial charge in [0, 0.05) is 6.54 Å². The van der Waals surface area contributed by atoms with Crippen molar-refractivity contribution in [1.82, 2.24) is 10.2 Å². The Labute approximate surface area is 157 Å². The van der Waals surface area contributed by atoms with Gasteiger partial charge in [0.15, 0.2) is 5.76 Å². The van der Waals surface area contributed by atoms with Crippen LogP contribution in [-0.2, 0) is 11.2 Å². The predicted molar refractivity (Wildman–Crippen MR) is 97.6 cm³/mol. The van der Waals surface area contributed by atoms with Crippen molar-refractivity contribution >= 4 is 11.8 Å². The first-order valence-corrected chi connectivity index (χ1v) is 9.56. The predicted octanol–water partition coefficient (Wildman–Crippen LogP) is 3.61. The normalized spacial score (nSPS) is 22.2. The number of nitrogens with one attached hydrogen (secondary N) is 1. The van der Waals surface area contributed by atoms with Crippen molar-refractivity contribution in [2.24, 2.45) is 0 Å². The summed E-state index contributed by atoms with van der Waals surface area (Å²) in [7, 11) is 0. The van der Waals surface area contributed by atoms with Gasteiger partial charge in [0.2, 0.25) is 5.91 Å². The molecule has 0 spiro atoms. The number of hydrogen-bond donors (Lipinski definition) is 1. The van der Waals surface area contributed by atoms with E-state index in [2.05, 4.69) is 5.32 Å². The number of aryl methyl sites for hydroxylation is 1. The Morgan fingerprint density at radius 1 is 1.15 bits per heavy atom. The van der Waals surface area contributed by atoms with Gasteiger partial charge in [0.25, 0.3) is 5.91 Å². The Bertz CT molecular complexity index is 834. The van der Waals surface area contributed by atoms with Crippen LogP contribution in [0.3, 0.4) is 0 Å². The number of likely N-dealkylation sites (tertiary alicyclic amines) is 1. The number of rotatable bonds is 3. The zero-order chi connectivity index (χ0) is 18.8. The van der Waals surface area contributed by atoms with Crippen molar-refractivity contribution in [3.63, 3.8) is 0 Å². The summed E-state index contributed by atoms with van der Waals surface area (Å²) in [6.07, 6.45) is 6.48. The van der Waals surface area contributed by atoms with Crippen LogP contribution in [0.1, 0.15) is 59.8 Å². The number of carbonyl (C=O) groups is 2. The summed E-state index contributed by atoms with van der Waals surface area (Å²) >= 11 is 0. The number of fused-ring (bicyclic) bond motifs is 1. The molecule has 1 unspecified atom stereocenters. The summed E-state index contributed by atoms with van der Waals surface area (Å²) in [5.74, 6) is -0.464. The topological polar surface area (TPSA) is 62.6 Å². The van der Waals surface area contributed by atoms with E-state index in [1.807, 2.05) is 0 Å². The minimum atomic E-state index is -0.518. The maximum Gasteiger partial charge on any atom is 0.290 e. The monoisotopic (exact) mass is 370 g/mol. The summed E-state index contributed by atoms with van der Waals surface area (Å²) in [5, 5.41) is 3.07. The quantitative estimate of drug-likeness (QED) is 0.898. The first-order valence-electron chi connectivity index (χ1n) is 9.56. The first kappa shape index (κ1) is 17.8. The summed E-state index contributed by atoms with van der Waals surface area (Å²) in [6, 6.07) is 7.34. The third-order valence-corrected chi connectivity index (χ3v) is 5.54. The van der Waals surface area contributed by atoms with E-state index in [9.17, 15) is 14.0 Å². The number of halogens is 1. The molecule has 0 radical (unpaired) electrons. The summed E-state index contributed by atoms with van der Waals surface area (Å²) in [4.78, 5) is 27.3. The van der Waals surface area contributed by atoms with E-state index in [0.29, 0.717) is 13.0 Å². The third kappa shape index (κ3) is 3.61. The van der Waals surface area contributed by atoms with Crippen LogP contribution in [0.2, 0.25) is 0 Å². The van der Waals surface area contributed by atoms with Crippen LogP contribution in [0.5, 0.6) is 0 Å². The number of furan rings is 1. The fourth-order valence-electron chi connectivity index (χ4n) is 4.18. The van der Waals surface area contributed by atoms with Gasteiger partial charge in [0.05, 0.1) is 12.3 Å². The minimum Gasteiger partial charge on any atom is -0.459 e. The van der Waals surface area contributed by atoms with Crippen molar-refractivity contribution in [3.05, 3.63) is 59.3 Å². The number of nitrogens with zero attached hydrogens (tertiary/aromatic N) is 1. The Hall–Kier alpha value is -2.63. The zero-order valence-corrected chi connectivity index (χ0v) is 15.1. The highest BCUT2D eigenvalue weighted by Crippen LogP contribution is 2.31. The maximum absolute atomic E-state index is 13.7. The van der Waals surface area contributed by atoms with Gasteiger partial charge in [-0.05, 0) is 73.9 Å². The van der Waals surface area contributed by atoms with E-state index < -0.39 is 6.04 Å². The average molecular weight is 370 g/mol. The smallest absolute Gasteiger partial charge is 0.290 e. The van der Waals surface area contributed by atoms with Crippen LogP contribution in [0, 0.1) is 5.82 Å². The number of benzene rings is 1. The highest BCUT2D eigenvalue weighted by molar-refractivity contribution is 5.95. The van der Waals surface area contributed by atoms with Gasteiger partial charge >= 0.3 is 0 Å². The highest BCUT2D eigenvalue weighted by Gasteiger charge is 2.35. The molecule has 1 saturated heterocycles. The number of carbonyl (C=O) groups excluding carboxylic acids is 2. The molecule has 2 aliphatic rings. The SMILES string of the molecule is O=C(N[C@@H]1CCCc2ccc(F)cc21)C1CCCCN1C(=O)c1ccco1. The molecule has 2 aromatic rings. The molecule has 1 aliphatic carbocycles. The lowest BCUT2D eigenvalue weighted by Gasteiger charge is -2.36. The van der Waals surface area contributed by atoms with Crippen molar-refractivity contribution < 1.29 is 18.4 Å². The van der Waals surface area contributed by atoms with Crippen LogP contribution in [0.25, 0.3) is 0 Å². The third-order valence-electron chi connectivity index (χ3n) is 5.54. The molecule has 0 bridgehead atoms. The fraction of sp³-hybridized carbons (Fsp3) is 0.429. The van der Waals surface area contributed by atoms with Gasteiger partial charge < -0.3 is 14.6 Å². The molecule has 4 rings (SSSR count). The van der Waals surface area contributed by atoms with Gasteiger partial charge in [0.1, 0.15) is 11.9 Å². The molecule has 2 amide bonds. The molecule has 5 nitrogen and oxygen atoms in total. The van der Waals surface area contributed by atoms with E-state index in [0.717, 1.165) is 43.2 Å². The molecule has 2 atom stereocenters. The lowest BCUT2D eigenvalue weighted by atomic mass is 9.87. The van der Waals surface area contributed by atoms with Gasteiger partial charge in [-0.3, -0.25) is 9.59 Å². The summed E-state index contributed by atoms with van der Waals surface area (Å²) in [5.41, 5.74) is 1.94. The van der Waals surface area contributed by atoms with E-state index in [1.165, 1.54) is 18.4 Å². The van der Waals surface area contributed by atoms with Gasteiger partial charge in [-0.25, -0.2) is 4.39 Å². The van der Waals surface area contributed by atoms with Crippen LogP contribution in [0.4, 0.5) is 4.39 Å². The maximum atomic E-state index is 13.7. The largest absolute Gasteiger partial charge is 0.459 e. The van der Waals surface area contributed by atoms with Gasteiger partial charge in [-0.2, -0.15) is 0 Å². The summed E-state index contributed by atoms with van der Waals surface area (Å²) < 4.78 is 18.9. The Morgan fingerprint density at radius 3 is 2.85 bits per heavy atom. The average Bonchev–Trinajstić information content (AvgIpc) is 3.22. The minimum absolute atomic E-state index is 0.170. The second kappa shape index (κ2) is 7.55. The van der Waals surface area contributed by atoms with E-state index in [4.69, 9.17) is 4.42 Å². The van der Waals surface area contributed by atoms with E-state index in [-0.39, 0.29) is 29.4 Å². The molecule has 2 heterocycles. The number of amides is 2. The van der Waals surface area contributed by atoms with Crippen LogP contribution in [-0.4, -0.2) is 29.3 Å². The van der Waals surface area contributed by atoms with Crippen molar-refractivity contribution in [2.75, 3.05) is 6.54 Å². The lowest BCUT2D eigenvalue weighted by molar-refractivity contribution is -0.127. The summed E-state index contributed by atoms with van der Waals surface area (Å²) in [6.45, 7) is 0.535. The molecule has 27 heavy (non-hydrogen) atoms. The molecule has 1 N–H and O–H groups in total. The Kier molecular flexibility index (Phi) is 4.97. The molecule has 1 aliphatic heterocycles. The molecule has 0 saturated carbocycles. The lowest BCUT2D eigenvalue weighted by Crippen LogP contribution is -2.52. The second-order valence-corrected chi connectivity index (χ2v) is 7.28. The fourth-order valence-corrected chi connectivity index (χ4v) is 4.18. The molecular weight excluding hydrogens is 347 g/mol. The van der Waals surface area contributed by atoms with Crippen molar-refractivity contribution in [3.8, 4) is 0 Å². The molecule has 1 aromatic heterocycles. The first-order chi connectivity index (χ1) is 13.1. The van der Waals surface area contributed by atoms with Crippen molar-refractivity contribution in [2.45, 2.75) is 50.6 Å². The standard InChI is InChI=1S/C21H23FN2O3/c22-15-10-9-14-5-3-6-17(16(14)13-15)23-20(25)18-7-1-2-11-24(18)21(26)19-8-4-12-27-19/h4,8-10,12-13,17-18H,1-3,5-7,11H2,(H,23,25)/t17-,18?/m1/s1. The van der Waals surface area contributed by atoms with Gasteiger partial charge in [-0.15, -0.1) is 0 Å². The van der Waals surface area contributed by atoms with Crippen LogP contribution < -0.4 is 5.32 Å². The highest BCUT2D eigenvalue weighted by atomic mass is 19.1. The molecule has 1 fully saturated rings. The Morgan fingerprint density at radius 2 is 2.04 bits per heavy atom. The van der Waals surface area contributed by atoms with Gasteiger partial charge in [-0.1, -0.05) is 6.07 Å². The molecule has 6 heteroatoms. The van der Waals surface area contributed by atoms with Crippen LogP contribution >= 0.6 is 0 Å². The molecular formula is C21H23FN2O3. The molecule has 142 valence electrons. The zero-order valence-electron chi connectivity index (χ0n) is 15.1.